The Morgan fingerprint density at radius 1 is 1.00 bits per heavy atom. The number of nitrogens with one attached hydrogen (secondary N) is 2. The first-order chi connectivity index (χ1) is 12.3. The third kappa shape index (κ3) is 3.00. The first-order valence-corrected chi connectivity index (χ1v) is 10.4. The molecule has 2 N–H and O–H groups in total. The van der Waals surface area contributed by atoms with Crippen LogP contribution in [-0.2, 0) is 35.7 Å². The quantitative estimate of drug-likeness (QED) is 0.841. The van der Waals surface area contributed by atoms with Crippen LogP contribution in [0, 0.1) is 0 Å². The summed E-state index contributed by atoms with van der Waals surface area (Å²) in [6, 6.07) is 1.41. The van der Waals surface area contributed by atoms with E-state index >= 15 is 0 Å². The minimum atomic E-state index is -3.97. The Morgan fingerprint density at radius 3 is 2.12 bits per heavy atom. The summed E-state index contributed by atoms with van der Waals surface area (Å²) in [7, 11) is -3.97. The van der Waals surface area contributed by atoms with Crippen molar-refractivity contribution in [2.24, 2.45) is 0 Å². The molecule has 0 unspecified atom stereocenters. The van der Waals surface area contributed by atoms with E-state index < -0.39 is 27.4 Å². The number of carbonyl (C=O) groups excluding carboxylic acids is 1. The van der Waals surface area contributed by atoms with Crippen LogP contribution < -0.4 is 10.0 Å². The van der Waals surface area contributed by atoms with Gasteiger partial charge in [0.05, 0.1) is 5.25 Å². The van der Waals surface area contributed by atoms with E-state index in [1.807, 2.05) is 4.72 Å². The average Bonchev–Trinajstić information content (AvgIpc) is 3.12. The molecule has 3 aliphatic rings. The summed E-state index contributed by atoms with van der Waals surface area (Å²) in [4.78, 5) is 12.3. The number of allylic oxidation sites excluding steroid dienone is 1. The highest BCUT2D eigenvalue weighted by Gasteiger charge is 2.38. The first kappa shape index (κ1) is 17.5. The van der Waals surface area contributed by atoms with Crippen molar-refractivity contribution < 1.29 is 22.0 Å². The van der Waals surface area contributed by atoms with E-state index in [2.05, 4.69) is 11.4 Å². The lowest BCUT2D eigenvalue weighted by molar-refractivity contribution is 0.256. The normalized spacial score (nSPS) is 21.0. The van der Waals surface area contributed by atoms with E-state index in [0.29, 0.717) is 0 Å². The fourth-order valence-electron chi connectivity index (χ4n) is 4.18. The molecule has 5 nitrogen and oxygen atoms in total. The van der Waals surface area contributed by atoms with Gasteiger partial charge >= 0.3 is 6.03 Å². The van der Waals surface area contributed by atoms with Gasteiger partial charge in [-0.25, -0.2) is 17.9 Å². The van der Waals surface area contributed by atoms with Crippen molar-refractivity contribution in [3.8, 4) is 0 Å². The Morgan fingerprint density at radius 2 is 1.58 bits per heavy atom. The third-order valence-corrected chi connectivity index (χ3v) is 7.28. The Hall–Kier alpha value is -1.96. The van der Waals surface area contributed by atoms with Gasteiger partial charge in [-0.3, -0.25) is 0 Å². The van der Waals surface area contributed by atoms with Crippen LogP contribution >= 0.6 is 0 Å². The van der Waals surface area contributed by atoms with Crippen molar-refractivity contribution in [2.45, 2.75) is 56.6 Å². The third-order valence-electron chi connectivity index (χ3n) is 5.60. The maximum absolute atomic E-state index is 12.4. The monoisotopic (exact) mass is 382 g/mol. The summed E-state index contributed by atoms with van der Waals surface area (Å²) in [6.07, 6.45) is 3.48. The van der Waals surface area contributed by atoms with E-state index in [9.17, 15) is 22.0 Å². The molecule has 8 heteroatoms. The summed E-state index contributed by atoms with van der Waals surface area (Å²) in [5, 5.41) is 1.77. The molecule has 0 aromatic heterocycles. The number of halogens is 2. The molecule has 0 heterocycles. The van der Waals surface area contributed by atoms with Gasteiger partial charge < -0.3 is 5.32 Å². The van der Waals surface area contributed by atoms with Crippen molar-refractivity contribution in [3.05, 3.63) is 40.0 Å². The Labute approximate surface area is 150 Å². The Kier molecular flexibility index (Phi) is 4.25. The number of fused-ring (bicyclic) bond motifs is 2. The van der Waals surface area contributed by atoms with E-state index in [4.69, 9.17) is 0 Å². The van der Waals surface area contributed by atoms with Crippen LogP contribution in [0.25, 0.3) is 0 Å². The summed E-state index contributed by atoms with van der Waals surface area (Å²) in [5.74, 6) is 0. The van der Waals surface area contributed by atoms with Gasteiger partial charge in [-0.1, -0.05) is 6.07 Å². The molecule has 1 fully saturated rings. The average molecular weight is 382 g/mol. The van der Waals surface area contributed by atoms with Crippen molar-refractivity contribution in [2.75, 3.05) is 5.32 Å². The number of benzene rings is 1. The smallest absolute Gasteiger partial charge is 0.307 e. The molecule has 0 spiro atoms. The molecule has 140 valence electrons. The number of anilines is 1. The fourth-order valence-corrected chi connectivity index (χ4v) is 5.50. The van der Waals surface area contributed by atoms with Gasteiger partial charge in [0.1, 0.15) is 0 Å². The number of aryl methyl sites for hydroxylation is 2. The standard InChI is InChI=1S/C18H20F2N2O3S/c19-17(20)12-8-13(9-12)26(24,25)22-18(23)21-16-14-5-1-3-10(14)7-11-4-2-6-15(11)16/h7,13H,1-6,8-9H2,(H2,21,22,23). The van der Waals surface area contributed by atoms with Gasteiger partial charge in [-0.15, -0.1) is 0 Å². The minimum absolute atomic E-state index is 0.153. The Bertz CT molecular complexity index is 881. The van der Waals surface area contributed by atoms with Gasteiger partial charge in [-0.05, 0) is 79.2 Å². The minimum Gasteiger partial charge on any atom is -0.307 e. The second-order valence-corrected chi connectivity index (χ2v) is 9.19. The molecule has 0 saturated heterocycles. The van der Waals surface area contributed by atoms with Gasteiger partial charge in [0.2, 0.25) is 10.0 Å². The molecule has 2 amide bonds. The number of carbonyl (C=O) groups is 1. The van der Waals surface area contributed by atoms with Crippen LogP contribution in [0.15, 0.2) is 17.7 Å². The van der Waals surface area contributed by atoms with E-state index in [1.54, 1.807) is 0 Å². The SMILES string of the molecule is O=C(Nc1c2c(cc3c1CCC3)CCC2)NS(=O)(=O)C1CC(=C(F)F)C1. The molecule has 0 atom stereocenters. The lowest BCUT2D eigenvalue weighted by Gasteiger charge is -2.28. The summed E-state index contributed by atoms with van der Waals surface area (Å²) in [5.41, 5.74) is 5.27. The van der Waals surface area contributed by atoms with Gasteiger partial charge in [0.15, 0.2) is 0 Å². The zero-order valence-corrected chi connectivity index (χ0v) is 15.0. The second kappa shape index (κ2) is 6.33. The predicted octanol–water partition coefficient (Wildman–Crippen LogP) is 3.43. The molecule has 0 aliphatic heterocycles. The van der Waals surface area contributed by atoms with Crippen LogP contribution in [0.5, 0.6) is 0 Å². The maximum atomic E-state index is 12.4. The van der Waals surface area contributed by atoms with Gasteiger partial charge in [0.25, 0.3) is 6.08 Å². The molecule has 3 aliphatic carbocycles. The molecule has 4 rings (SSSR count). The molecule has 0 radical (unpaired) electrons. The summed E-state index contributed by atoms with van der Waals surface area (Å²) < 4.78 is 51.3. The highest BCUT2D eigenvalue weighted by Crippen LogP contribution is 2.39. The lowest BCUT2D eigenvalue weighted by Crippen LogP contribution is -2.44. The molecule has 1 saturated carbocycles. The number of amides is 2. The van der Waals surface area contributed by atoms with Crippen LogP contribution in [0.4, 0.5) is 19.3 Å². The number of sulfonamides is 1. The largest absolute Gasteiger partial charge is 0.332 e. The zero-order chi connectivity index (χ0) is 18.5. The Balaban J connectivity index is 1.51. The molecule has 1 aromatic carbocycles. The maximum Gasteiger partial charge on any atom is 0.332 e. The van der Waals surface area contributed by atoms with Crippen LogP contribution in [0.2, 0.25) is 0 Å². The number of hydrogen-bond acceptors (Lipinski definition) is 3. The number of rotatable bonds is 3. The van der Waals surface area contributed by atoms with Crippen LogP contribution in [-0.4, -0.2) is 19.7 Å². The zero-order valence-electron chi connectivity index (χ0n) is 14.2. The van der Waals surface area contributed by atoms with Crippen LogP contribution in [0.3, 0.4) is 0 Å². The van der Waals surface area contributed by atoms with E-state index in [1.165, 1.54) is 11.1 Å². The number of urea groups is 1. The highest BCUT2D eigenvalue weighted by atomic mass is 32.2. The van der Waals surface area contributed by atoms with Gasteiger partial charge in [-0.2, -0.15) is 8.78 Å². The molecule has 1 aromatic rings. The fraction of sp³-hybridized carbons (Fsp3) is 0.500. The van der Waals surface area contributed by atoms with Crippen molar-refractivity contribution in [3.63, 3.8) is 0 Å². The van der Waals surface area contributed by atoms with Crippen molar-refractivity contribution >= 4 is 21.7 Å². The second-order valence-electron chi connectivity index (χ2n) is 7.23. The highest BCUT2D eigenvalue weighted by molar-refractivity contribution is 7.90. The van der Waals surface area contributed by atoms with E-state index in [0.717, 1.165) is 55.3 Å². The summed E-state index contributed by atoms with van der Waals surface area (Å²) >= 11 is 0. The molecular weight excluding hydrogens is 362 g/mol. The van der Waals surface area contributed by atoms with Crippen LogP contribution in [0.1, 0.15) is 47.9 Å². The number of hydrogen-bond donors (Lipinski definition) is 2. The first-order valence-electron chi connectivity index (χ1n) is 8.87. The van der Waals surface area contributed by atoms with E-state index in [-0.39, 0.29) is 18.4 Å². The van der Waals surface area contributed by atoms with Crippen molar-refractivity contribution in [1.29, 1.82) is 0 Å². The summed E-state index contributed by atoms with van der Waals surface area (Å²) in [6.45, 7) is 0. The van der Waals surface area contributed by atoms with Crippen molar-refractivity contribution in [1.82, 2.24) is 4.72 Å². The molecular formula is C18H20F2N2O3S. The lowest BCUT2D eigenvalue weighted by atomic mass is 9.93. The molecule has 0 bridgehead atoms. The van der Waals surface area contributed by atoms with Gasteiger partial charge in [0, 0.05) is 5.69 Å². The predicted molar refractivity (Wildman–Crippen MR) is 93.8 cm³/mol. The topological polar surface area (TPSA) is 75.3 Å². The molecule has 26 heavy (non-hydrogen) atoms.